The zero-order valence-corrected chi connectivity index (χ0v) is 16.0. The number of benzene rings is 1. The lowest BCUT2D eigenvalue weighted by atomic mass is 10.1. The van der Waals surface area contributed by atoms with Gasteiger partial charge in [0.05, 0.1) is 26.3 Å². The highest BCUT2D eigenvalue weighted by atomic mass is 32.1. The number of thiophene rings is 2. The molecule has 1 aromatic carbocycles. The molecule has 0 aliphatic carbocycles. The molecule has 2 N–H and O–H groups in total. The highest BCUT2D eigenvalue weighted by molar-refractivity contribution is 7.12. The fraction of sp³-hybridized carbons (Fsp3) is 0.211. The summed E-state index contributed by atoms with van der Waals surface area (Å²) in [6, 6.07) is 12.8. The van der Waals surface area contributed by atoms with Crippen molar-refractivity contribution in [3.05, 3.63) is 68.0 Å². The number of carbonyl (C=O) groups is 1. The Morgan fingerprint density at radius 2 is 1.96 bits per heavy atom. The lowest BCUT2D eigenvalue weighted by Gasteiger charge is -2.12. The molecule has 3 aromatic rings. The second-order valence-electron chi connectivity index (χ2n) is 5.45. The lowest BCUT2D eigenvalue weighted by molar-refractivity contribution is 0.0947. The summed E-state index contributed by atoms with van der Waals surface area (Å²) in [4.78, 5) is 15.2. The molecule has 0 aliphatic rings. The molecule has 0 fully saturated rings. The second-order valence-corrected chi connectivity index (χ2v) is 7.62. The number of amides is 1. The van der Waals surface area contributed by atoms with Gasteiger partial charge in [-0.2, -0.15) is 0 Å². The van der Waals surface area contributed by atoms with Gasteiger partial charge in [0.1, 0.15) is 6.10 Å². The zero-order valence-electron chi connectivity index (χ0n) is 14.4. The van der Waals surface area contributed by atoms with Gasteiger partial charge in [-0.05, 0) is 35.7 Å². The number of hydrogen-bond acceptors (Lipinski definition) is 6. The number of para-hydroxylation sites is 1. The van der Waals surface area contributed by atoms with Gasteiger partial charge in [0.25, 0.3) is 5.91 Å². The molecule has 2 aromatic heterocycles. The van der Waals surface area contributed by atoms with Crippen LogP contribution in [0.15, 0.2) is 47.8 Å². The molecule has 0 aliphatic heterocycles. The highest BCUT2D eigenvalue weighted by Gasteiger charge is 2.17. The summed E-state index contributed by atoms with van der Waals surface area (Å²) in [7, 11) is 3.04. The van der Waals surface area contributed by atoms with Crippen molar-refractivity contribution in [3.8, 4) is 11.5 Å². The van der Waals surface area contributed by atoms with Crippen molar-refractivity contribution in [2.24, 2.45) is 0 Å². The van der Waals surface area contributed by atoms with Crippen molar-refractivity contribution in [2.75, 3.05) is 14.2 Å². The van der Waals surface area contributed by atoms with Crippen molar-refractivity contribution in [1.29, 1.82) is 0 Å². The first-order valence-corrected chi connectivity index (χ1v) is 9.63. The monoisotopic (exact) mass is 389 g/mol. The van der Waals surface area contributed by atoms with Crippen LogP contribution in [-0.4, -0.2) is 25.2 Å². The smallest absolute Gasteiger partial charge is 0.255 e. The molecule has 3 rings (SSSR count). The molecule has 0 radical (unpaired) electrons. The van der Waals surface area contributed by atoms with E-state index in [0.29, 0.717) is 23.6 Å². The third kappa shape index (κ3) is 3.90. The molecular formula is C19H19NO4S2. The van der Waals surface area contributed by atoms with Gasteiger partial charge < -0.3 is 19.9 Å². The third-order valence-corrected chi connectivity index (χ3v) is 5.90. The van der Waals surface area contributed by atoms with Gasteiger partial charge in [-0.3, -0.25) is 4.79 Å². The molecular weight excluding hydrogens is 370 g/mol. The summed E-state index contributed by atoms with van der Waals surface area (Å²) in [6.45, 7) is 0.376. The maximum Gasteiger partial charge on any atom is 0.255 e. The summed E-state index contributed by atoms with van der Waals surface area (Å²) in [5.74, 6) is 0.680. The summed E-state index contributed by atoms with van der Waals surface area (Å²) in [5.41, 5.74) is 0.419. The number of nitrogens with one attached hydrogen (secondary N) is 1. The molecule has 2 heterocycles. The van der Waals surface area contributed by atoms with Gasteiger partial charge in [0, 0.05) is 14.6 Å². The molecule has 26 heavy (non-hydrogen) atoms. The van der Waals surface area contributed by atoms with Crippen LogP contribution < -0.4 is 14.8 Å². The maximum atomic E-state index is 12.5. The Morgan fingerprint density at radius 1 is 1.12 bits per heavy atom. The number of aliphatic hydroxyl groups is 1. The predicted molar refractivity (Wildman–Crippen MR) is 103 cm³/mol. The molecule has 1 atom stereocenters. The van der Waals surface area contributed by atoms with Crippen LogP contribution in [0.25, 0.3) is 0 Å². The molecule has 0 saturated heterocycles. The van der Waals surface area contributed by atoms with Crippen LogP contribution in [0.2, 0.25) is 0 Å². The van der Waals surface area contributed by atoms with Gasteiger partial charge in [-0.25, -0.2) is 0 Å². The molecule has 5 nitrogen and oxygen atoms in total. The standard InChI is InChI=1S/C19H19NO4S2/c1-23-14-6-3-5-13(18(14)24-2)19(22)20-11-12-8-9-16(26-12)17(21)15-7-4-10-25-15/h3-10,17,21H,11H2,1-2H3,(H,20,22). The second kappa shape index (κ2) is 8.35. The number of rotatable bonds is 7. The number of ether oxygens (including phenoxy) is 2. The minimum Gasteiger partial charge on any atom is -0.493 e. The van der Waals surface area contributed by atoms with Crippen molar-refractivity contribution in [1.82, 2.24) is 5.32 Å². The topological polar surface area (TPSA) is 67.8 Å². The van der Waals surface area contributed by atoms with Crippen LogP contribution in [0.4, 0.5) is 0 Å². The van der Waals surface area contributed by atoms with Gasteiger partial charge in [-0.1, -0.05) is 12.1 Å². The Bertz CT molecular complexity index is 874. The average Bonchev–Trinajstić information content (AvgIpc) is 3.36. The normalized spacial score (nSPS) is 11.8. The largest absolute Gasteiger partial charge is 0.493 e. The molecule has 0 spiro atoms. The summed E-state index contributed by atoms with van der Waals surface area (Å²) < 4.78 is 10.5. The van der Waals surface area contributed by atoms with E-state index in [-0.39, 0.29) is 5.91 Å². The minimum absolute atomic E-state index is 0.241. The first kappa shape index (κ1) is 18.4. The molecule has 7 heteroatoms. The maximum absolute atomic E-state index is 12.5. The molecule has 1 unspecified atom stereocenters. The first-order valence-electron chi connectivity index (χ1n) is 7.93. The van der Waals surface area contributed by atoms with Gasteiger partial charge in [0.2, 0.25) is 0 Å². The van der Waals surface area contributed by atoms with E-state index in [4.69, 9.17) is 9.47 Å². The number of methoxy groups -OCH3 is 2. The average molecular weight is 389 g/mol. The Hall–Kier alpha value is -2.35. The Morgan fingerprint density at radius 3 is 2.65 bits per heavy atom. The summed E-state index contributed by atoms with van der Waals surface area (Å²) >= 11 is 3.00. The fourth-order valence-electron chi connectivity index (χ4n) is 2.55. The number of hydrogen-bond donors (Lipinski definition) is 2. The van der Waals surface area contributed by atoms with E-state index in [1.165, 1.54) is 36.9 Å². The van der Waals surface area contributed by atoms with E-state index in [0.717, 1.165) is 14.6 Å². The summed E-state index contributed by atoms with van der Waals surface area (Å²) in [5, 5.41) is 15.2. The van der Waals surface area contributed by atoms with E-state index in [2.05, 4.69) is 5.32 Å². The Balaban J connectivity index is 1.67. The SMILES string of the molecule is COc1cccc(C(=O)NCc2ccc(C(O)c3cccs3)s2)c1OC. The van der Waals surface area contributed by atoms with E-state index < -0.39 is 6.10 Å². The quantitative estimate of drug-likeness (QED) is 0.644. The van der Waals surface area contributed by atoms with E-state index >= 15 is 0 Å². The van der Waals surface area contributed by atoms with E-state index in [9.17, 15) is 9.90 Å². The van der Waals surface area contributed by atoms with E-state index in [1.807, 2.05) is 29.6 Å². The van der Waals surface area contributed by atoms with Crippen molar-refractivity contribution >= 4 is 28.6 Å². The van der Waals surface area contributed by atoms with Gasteiger partial charge in [-0.15, -0.1) is 22.7 Å². The summed E-state index contributed by atoms with van der Waals surface area (Å²) in [6.07, 6.45) is -0.622. The fourth-order valence-corrected chi connectivity index (χ4v) is 4.31. The molecule has 0 bridgehead atoms. The highest BCUT2D eigenvalue weighted by Crippen LogP contribution is 2.32. The van der Waals surface area contributed by atoms with Crippen LogP contribution in [0, 0.1) is 0 Å². The van der Waals surface area contributed by atoms with Crippen molar-refractivity contribution in [2.45, 2.75) is 12.6 Å². The van der Waals surface area contributed by atoms with Gasteiger partial charge >= 0.3 is 0 Å². The Labute approximate surface area is 159 Å². The predicted octanol–water partition coefficient (Wildman–Crippen LogP) is 3.84. The van der Waals surface area contributed by atoms with Crippen molar-refractivity contribution in [3.63, 3.8) is 0 Å². The molecule has 1 amide bonds. The van der Waals surface area contributed by atoms with Crippen LogP contribution in [-0.2, 0) is 6.54 Å². The minimum atomic E-state index is -0.622. The van der Waals surface area contributed by atoms with E-state index in [1.54, 1.807) is 18.2 Å². The Kier molecular flexibility index (Phi) is 5.92. The van der Waals surface area contributed by atoms with Crippen LogP contribution in [0.3, 0.4) is 0 Å². The molecule has 0 saturated carbocycles. The van der Waals surface area contributed by atoms with Crippen LogP contribution in [0.5, 0.6) is 11.5 Å². The number of carbonyl (C=O) groups excluding carboxylic acids is 1. The first-order chi connectivity index (χ1) is 12.6. The third-order valence-electron chi connectivity index (χ3n) is 3.84. The van der Waals surface area contributed by atoms with Crippen LogP contribution in [0.1, 0.15) is 31.1 Å². The zero-order chi connectivity index (χ0) is 18.5. The molecule has 136 valence electrons. The van der Waals surface area contributed by atoms with Crippen LogP contribution >= 0.6 is 22.7 Å². The number of aliphatic hydroxyl groups excluding tert-OH is 1. The van der Waals surface area contributed by atoms with Gasteiger partial charge in [0.15, 0.2) is 11.5 Å². The van der Waals surface area contributed by atoms with Crippen molar-refractivity contribution < 1.29 is 19.4 Å². The lowest BCUT2D eigenvalue weighted by Crippen LogP contribution is -2.23.